The summed E-state index contributed by atoms with van der Waals surface area (Å²) in [4.78, 5) is 34.0. The van der Waals surface area contributed by atoms with Crippen LogP contribution < -0.4 is 11.0 Å². The summed E-state index contributed by atoms with van der Waals surface area (Å²) in [6.07, 6.45) is 4.51. The van der Waals surface area contributed by atoms with Gasteiger partial charge in [0, 0.05) is 12.4 Å². The molecule has 0 aliphatic carbocycles. The van der Waals surface area contributed by atoms with E-state index in [1.165, 1.54) is 34.5 Å². The fourth-order valence-electron chi connectivity index (χ4n) is 2.66. The van der Waals surface area contributed by atoms with E-state index < -0.39 is 5.91 Å². The SMILES string of the molecule is O=C(N/N=C\c1c(Sc2ccccn2)nc2ccccn2c1=O)c1ccccc1O. The van der Waals surface area contributed by atoms with Crippen LogP contribution in [0.4, 0.5) is 0 Å². The van der Waals surface area contributed by atoms with Crippen molar-refractivity contribution < 1.29 is 9.90 Å². The average molecular weight is 417 g/mol. The smallest absolute Gasteiger partial charge is 0.275 e. The van der Waals surface area contributed by atoms with Crippen molar-refractivity contribution in [2.24, 2.45) is 5.10 Å². The molecule has 30 heavy (non-hydrogen) atoms. The number of rotatable bonds is 5. The largest absolute Gasteiger partial charge is 0.507 e. The molecule has 4 aromatic rings. The van der Waals surface area contributed by atoms with Crippen LogP contribution in [0.3, 0.4) is 0 Å². The first-order valence-electron chi connectivity index (χ1n) is 8.85. The third-order valence-corrected chi connectivity index (χ3v) is 5.04. The number of phenolic OH excluding ortho intramolecular Hbond substituents is 1. The molecule has 0 atom stereocenters. The van der Waals surface area contributed by atoms with Gasteiger partial charge < -0.3 is 5.11 Å². The van der Waals surface area contributed by atoms with E-state index in [4.69, 9.17) is 0 Å². The van der Waals surface area contributed by atoms with Gasteiger partial charge in [-0.1, -0.05) is 24.3 Å². The van der Waals surface area contributed by atoms with E-state index in [0.29, 0.717) is 15.7 Å². The molecule has 0 spiro atoms. The molecule has 0 fully saturated rings. The molecule has 4 rings (SSSR count). The number of nitrogens with zero attached hydrogens (tertiary/aromatic N) is 4. The minimum Gasteiger partial charge on any atom is -0.507 e. The van der Waals surface area contributed by atoms with Gasteiger partial charge in [0.2, 0.25) is 0 Å². The average Bonchev–Trinajstić information content (AvgIpc) is 2.77. The molecule has 0 aliphatic heterocycles. The van der Waals surface area contributed by atoms with Crippen molar-refractivity contribution in [3.05, 3.63) is 94.5 Å². The Hall–Kier alpha value is -3.98. The molecule has 0 aliphatic rings. The Kier molecular flexibility index (Phi) is 5.53. The van der Waals surface area contributed by atoms with Crippen molar-refractivity contribution in [3.63, 3.8) is 0 Å². The molecule has 9 heteroatoms. The fourth-order valence-corrected chi connectivity index (χ4v) is 3.51. The summed E-state index contributed by atoms with van der Waals surface area (Å²) in [5.74, 6) is -0.763. The van der Waals surface area contributed by atoms with E-state index in [9.17, 15) is 14.7 Å². The summed E-state index contributed by atoms with van der Waals surface area (Å²) in [5.41, 5.74) is 2.75. The van der Waals surface area contributed by atoms with E-state index in [-0.39, 0.29) is 22.4 Å². The number of aromatic nitrogens is 3. The van der Waals surface area contributed by atoms with Crippen molar-refractivity contribution in [1.29, 1.82) is 0 Å². The lowest BCUT2D eigenvalue weighted by atomic mass is 10.2. The van der Waals surface area contributed by atoms with E-state index in [0.717, 1.165) is 0 Å². The maximum atomic E-state index is 13.0. The quantitative estimate of drug-likeness (QED) is 0.294. The second kappa shape index (κ2) is 8.58. The molecule has 0 unspecified atom stereocenters. The van der Waals surface area contributed by atoms with Crippen molar-refractivity contribution in [2.45, 2.75) is 10.1 Å². The van der Waals surface area contributed by atoms with Crippen LogP contribution in [0, 0.1) is 0 Å². The third kappa shape index (κ3) is 4.06. The lowest BCUT2D eigenvalue weighted by Crippen LogP contribution is -2.23. The predicted molar refractivity (Wildman–Crippen MR) is 113 cm³/mol. The fraction of sp³-hybridized carbons (Fsp3) is 0. The second-order valence-corrected chi connectivity index (χ2v) is 7.06. The summed E-state index contributed by atoms with van der Waals surface area (Å²) >= 11 is 1.22. The van der Waals surface area contributed by atoms with Crippen LogP contribution in [0.2, 0.25) is 0 Å². The lowest BCUT2D eigenvalue weighted by Gasteiger charge is -2.07. The zero-order valence-electron chi connectivity index (χ0n) is 15.5. The second-order valence-electron chi connectivity index (χ2n) is 6.05. The molecule has 3 heterocycles. The third-order valence-electron chi connectivity index (χ3n) is 4.08. The van der Waals surface area contributed by atoms with E-state index >= 15 is 0 Å². The number of fused-ring (bicyclic) bond motifs is 1. The van der Waals surface area contributed by atoms with Crippen LogP contribution in [0.1, 0.15) is 15.9 Å². The number of aromatic hydroxyl groups is 1. The highest BCUT2D eigenvalue weighted by atomic mass is 32.2. The molecule has 1 aromatic carbocycles. The van der Waals surface area contributed by atoms with Crippen LogP contribution in [-0.4, -0.2) is 31.6 Å². The number of carbonyl (C=O) groups excluding carboxylic acids is 1. The Labute approximate surface area is 174 Å². The maximum absolute atomic E-state index is 13.0. The molecule has 0 saturated heterocycles. The topological polar surface area (TPSA) is 109 Å². The Bertz CT molecular complexity index is 1310. The van der Waals surface area contributed by atoms with E-state index in [1.807, 2.05) is 6.07 Å². The van der Waals surface area contributed by atoms with Crippen LogP contribution in [-0.2, 0) is 0 Å². The molecule has 0 bridgehead atoms. The Morgan fingerprint density at radius 2 is 1.90 bits per heavy atom. The first-order valence-corrected chi connectivity index (χ1v) is 9.67. The molecule has 1 amide bonds. The zero-order chi connectivity index (χ0) is 20.9. The summed E-state index contributed by atoms with van der Waals surface area (Å²) in [6, 6.07) is 16.8. The number of hydrogen-bond donors (Lipinski definition) is 2. The number of benzene rings is 1. The molecule has 0 saturated carbocycles. The number of hydrogen-bond acceptors (Lipinski definition) is 7. The van der Waals surface area contributed by atoms with Crippen LogP contribution >= 0.6 is 11.8 Å². The van der Waals surface area contributed by atoms with E-state index in [2.05, 4.69) is 20.5 Å². The van der Waals surface area contributed by atoms with Crippen LogP contribution in [0.5, 0.6) is 5.75 Å². The van der Waals surface area contributed by atoms with E-state index in [1.54, 1.807) is 54.9 Å². The molecule has 3 aromatic heterocycles. The summed E-state index contributed by atoms with van der Waals surface area (Å²) in [7, 11) is 0. The molecular weight excluding hydrogens is 402 g/mol. The zero-order valence-corrected chi connectivity index (χ0v) is 16.3. The van der Waals surface area contributed by atoms with Gasteiger partial charge in [-0.05, 0) is 48.2 Å². The summed E-state index contributed by atoms with van der Waals surface area (Å²) in [5, 5.41) is 14.8. The standard InChI is InChI=1S/C21H15N5O3S/c27-16-8-2-1-7-14(16)19(28)25-23-13-15-20(30-18-10-3-5-11-22-18)24-17-9-4-6-12-26(17)21(15)29/h1-13,27H,(H,25,28)/b23-13-. The number of amides is 1. The number of para-hydroxylation sites is 1. The van der Waals surface area contributed by atoms with Gasteiger partial charge in [0.25, 0.3) is 11.5 Å². The summed E-state index contributed by atoms with van der Waals surface area (Å²) < 4.78 is 1.40. The van der Waals surface area contributed by atoms with Crippen LogP contribution in [0.15, 0.2) is 93.0 Å². The Morgan fingerprint density at radius 3 is 2.70 bits per heavy atom. The molecule has 0 radical (unpaired) electrons. The van der Waals surface area contributed by atoms with Gasteiger partial charge >= 0.3 is 0 Å². The van der Waals surface area contributed by atoms with Crippen molar-refractivity contribution in [3.8, 4) is 5.75 Å². The lowest BCUT2D eigenvalue weighted by molar-refractivity contribution is 0.0952. The monoisotopic (exact) mass is 417 g/mol. The molecule has 2 N–H and O–H groups in total. The van der Waals surface area contributed by atoms with Gasteiger partial charge in [-0.3, -0.25) is 14.0 Å². The first kappa shape index (κ1) is 19.3. The number of pyridine rings is 2. The number of carbonyl (C=O) groups is 1. The highest BCUT2D eigenvalue weighted by Gasteiger charge is 2.14. The molecule has 148 valence electrons. The molecule has 8 nitrogen and oxygen atoms in total. The van der Waals surface area contributed by atoms with Gasteiger partial charge in [0.15, 0.2) is 0 Å². The van der Waals surface area contributed by atoms with Gasteiger partial charge in [-0.2, -0.15) is 5.10 Å². The van der Waals surface area contributed by atoms with Gasteiger partial charge in [-0.25, -0.2) is 15.4 Å². The van der Waals surface area contributed by atoms with Gasteiger partial charge in [0.05, 0.1) is 17.3 Å². The van der Waals surface area contributed by atoms with Crippen molar-refractivity contribution >= 4 is 29.5 Å². The van der Waals surface area contributed by atoms with Gasteiger partial charge in [0.1, 0.15) is 21.4 Å². The number of phenols is 1. The molecular formula is C21H15N5O3S. The number of hydrazone groups is 1. The maximum Gasteiger partial charge on any atom is 0.275 e. The predicted octanol–water partition coefficient (Wildman–Crippen LogP) is 2.71. The normalized spacial score (nSPS) is 11.1. The van der Waals surface area contributed by atoms with Crippen LogP contribution in [0.25, 0.3) is 5.65 Å². The van der Waals surface area contributed by atoms with Crippen molar-refractivity contribution in [1.82, 2.24) is 19.8 Å². The minimum atomic E-state index is -0.600. The highest BCUT2D eigenvalue weighted by molar-refractivity contribution is 7.99. The summed E-state index contributed by atoms with van der Waals surface area (Å²) in [6.45, 7) is 0. The Balaban J connectivity index is 1.69. The Morgan fingerprint density at radius 1 is 1.10 bits per heavy atom. The number of nitrogens with one attached hydrogen (secondary N) is 1. The first-order chi connectivity index (χ1) is 14.6. The van der Waals surface area contributed by atoms with Gasteiger partial charge in [-0.15, -0.1) is 0 Å². The highest BCUT2D eigenvalue weighted by Crippen LogP contribution is 2.25. The van der Waals surface area contributed by atoms with Crippen molar-refractivity contribution in [2.75, 3.05) is 0 Å². The minimum absolute atomic E-state index is 0.0751.